The highest BCUT2D eigenvalue weighted by Crippen LogP contribution is 2.59. The molecule has 0 saturated heterocycles. The molecule has 0 amide bonds. The molecule has 0 atom stereocenters. The summed E-state index contributed by atoms with van der Waals surface area (Å²) in [6.45, 7) is 0. The number of aromatic carboxylic acids is 1. The van der Waals surface area contributed by atoms with E-state index in [9.17, 15) is 14.7 Å². The van der Waals surface area contributed by atoms with E-state index < -0.39 is 11.5 Å². The minimum absolute atomic E-state index is 0.0232. The van der Waals surface area contributed by atoms with Crippen LogP contribution in [0.3, 0.4) is 0 Å². The standard InChI is InChI=1S/C16H19NO3/c18-15-14(16(19)20)12(1-2-17-15)13-10-4-8-3-9(6-10)7-11(13)5-8/h1-2,8-11,13H,3-7H2,(H,17,18)(H,19,20). The molecule has 0 unspecified atom stereocenters. The van der Waals surface area contributed by atoms with Gasteiger partial charge in [-0.05, 0) is 73.3 Å². The smallest absolute Gasteiger partial charge is 0.341 e. The predicted molar refractivity (Wildman–Crippen MR) is 73.8 cm³/mol. The monoisotopic (exact) mass is 273 g/mol. The molecule has 4 heteroatoms. The van der Waals surface area contributed by atoms with Crippen LogP contribution in [0.15, 0.2) is 17.1 Å². The topological polar surface area (TPSA) is 70.2 Å². The molecule has 4 bridgehead atoms. The van der Waals surface area contributed by atoms with Crippen molar-refractivity contribution in [3.63, 3.8) is 0 Å². The second kappa shape index (κ2) is 4.21. The quantitative estimate of drug-likeness (QED) is 0.870. The minimum atomic E-state index is -1.09. The first-order valence-electron chi connectivity index (χ1n) is 7.58. The highest BCUT2D eigenvalue weighted by molar-refractivity contribution is 5.89. The Kier molecular flexibility index (Phi) is 2.56. The van der Waals surface area contributed by atoms with E-state index >= 15 is 0 Å². The summed E-state index contributed by atoms with van der Waals surface area (Å²) in [5.41, 5.74) is 0.309. The maximum Gasteiger partial charge on any atom is 0.341 e. The molecule has 0 spiro atoms. The summed E-state index contributed by atoms with van der Waals surface area (Å²) in [5.74, 6) is 2.08. The van der Waals surface area contributed by atoms with Crippen LogP contribution in [0.1, 0.15) is 53.9 Å². The van der Waals surface area contributed by atoms with E-state index in [1.54, 1.807) is 6.20 Å². The molecule has 4 saturated carbocycles. The van der Waals surface area contributed by atoms with E-state index in [1.807, 2.05) is 6.07 Å². The predicted octanol–water partition coefficient (Wildman–Crippen LogP) is 2.61. The minimum Gasteiger partial charge on any atom is -0.477 e. The number of H-pyrrole nitrogens is 1. The number of pyridine rings is 1. The fourth-order valence-corrected chi connectivity index (χ4v) is 5.43. The van der Waals surface area contributed by atoms with Gasteiger partial charge in [-0.1, -0.05) is 0 Å². The Balaban J connectivity index is 1.80. The van der Waals surface area contributed by atoms with Gasteiger partial charge in [-0.25, -0.2) is 4.79 Å². The van der Waals surface area contributed by atoms with Crippen molar-refractivity contribution in [3.8, 4) is 0 Å². The lowest BCUT2D eigenvalue weighted by atomic mass is 9.50. The normalized spacial score (nSPS) is 38.1. The maximum atomic E-state index is 11.9. The fraction of sp³-hybridized carbons (Fsp3) is 0.625. The van der Waals surface area contributed by atoms with Crippen molar-refractivity contribution in [1.82, 2.24) is 4.98 Å². The van der Waals surface area contributed by atoms with Crippen LogP contribution in [-0.4, -0.2) is 16.1 Å². The average Bonchev–Trinajstić information content (AvgIpc) is 2.36. The molecule has 20 heavy (non-hydrogen) atoms. The summed E-state index contributed by atoms with van der Waals surface area (Å²) in [7, 11) is 0. The molecule has 1 aromatic rings. The van der Waals surface area contributed by atoms with E-state index in [2.05, 4.69) is 4.98 Å². The number of aromatic nitrogens is 1. The van der Waals surface area contributed by atoms with Crippen LogP contribution < -0.4 is 5.56 Å². The molecule has 1 heterocycles. The van der Waals surface area contributed by atoms with Crippen LogP contribution in [0.5, 0.6) is 0 Å². The molecule has 5 rings (SSSR count). The van der Waals surface area contributed by atoms with Gasteiger partial charge in [0.15, 0.2) is 0 Å². The lowest BCUT2D eigenvalue weighted by Crippen LogP contribution is -2.44. The van der Waals surface area contributed by atoms with Crippen molar-refractivity contribution < 1.29 is 9.90 Å². The van der Waals surface area contributed by atoms with Crippen LogP contribution >= 0.6 is 0 Å². The number of carbonyl (C=O) groups is 1. The summed E-state index contributed by atoms with van der Waals surface area (Å²) in [6, 6.07) is 1.83. The molecule has 0 aromatic carbocycles. The zero-order chi connectivity index (χ0) is 13.9. The third-order valence-corrected chi connectivity index (χ3v) is 5.79. The van der Waals surface area contributed by atoms with Crippen molar-refractivity contribution in [2.75, 3.05) is 0 Å². The molecule has 4 aliphatic carbocycles. The summed E-state index contributed by atoms with van der Waals surface area (Å²) >= 11 is 0. The number of hydrogen-bond acceptors (Lipinski definition) is 2. The Morgan fingerprint density at radius 1 is 1.10 bits per heavy atom. The lowest BCUT2D eigenvalue weighted by molar-refractivity contribution is -0.00321. The van der Waals surface area contributed by atoms with Crippen LogP contribution in [-0.2, 0) is 0 Å². The second-order valence-electron chi connectivity index (χ2n) is 6.90. The Morgan fingerprint density at radius 2 is 1.70 bits per heavy atom. The Morgan fingerprint density at radius 3 is 2.25 bits per heavy atom. The van der Waals surface area contributed by atoms with Gasteiger partial charge in [0.2, 0.25) is 0 Å². The first-order chi connectivity index (χ1) is 9.63. The fourth-order valence-electron chi connectivity index (χ4n) is 5.43. The van der Waals surface area contributed by atoms with Gasteiger partial charge in [-0.2, -0.15) is 0 Å². The summed E-state index contributed by atoms with van der Waals surface area (Å²) in [4.78, 5) is 25.8. The SMILES string of the molecule is O=C(O)c1c(C2C3CC4CC(C3)CC2C4)cc[nH]c1=O. The summed E-state index contributed by atoms with van der Waals surface area (Å²) < 4.78 is 0. The van der Waals surface area contributed by atoms with Crippen molar-refractivity contribution in [2.45, 2.75) is 38.0 Å². The molecule has 106 valence electrons. The van der Waals surface area contributed by atoms with E-state index in [0.717, 1.165) is 17.4 Å². The first-order valence-corrected chi connectivity index (χ1v) is 7.58. The zero-order valence-corrected chi connectivity index (χ0v) is 11.3. The van der Waals surface area contributed by atoms with Crippen molar-refractivity contribution in [2.24, 2.45) is 23.7 Å². The largest absolute Gasteiger partial charge is 0.477 e. The molecular weight excluding hydrogens is 254 g/mol. The Labute approximate surface area is 117 Å². The third kappa shape index (κ3) is 1.67. The number of carboxylic acid groups (broad SMARTS) is 1. The van der Waals surface area contributed by atoms with Crippen LogP contribution in [0.2, 0.25) is 0 Å². The van der Waals surface area contributed by atoms with Crippen LogP contribution in [0.25, 0.3) is 0 Å². The Bertz CT molecular complexity index is 590. The lowest BCUT2D eigenvalue weighted by Gasteiger charge is -2.54. The summed E-state index contributed by atoms with van der Waals surface area (Å²) in [5, 5.41) is 9.38. The van der Waals surface area contributed by atoms with E-state index in [-0.39, 0.29) is 11.5 Å². The molecule has 0 aliphatic heterocycles. The number of rotatable bonds is 2. The molecule has 4 aliphatic rings. The van der Waals surface area contributed by atoms with Crippen LogP contribution in [0.4, 0.5) is 0 Å². The zero-order valence-electron chi connectivity index (χ0n) is 11.3. The number of hydrogen-bond donors (Lipinski definition) is 2. The van der Waals surface area contributed by atoms with Gasteiger partial charge in [0.25, 0.3) is 5.56 Å². The van der Waals surface area contributed by atoms with Gasteiger partial charge in [-0.15, -0.1) is 0 Å². The highest BCUT2D eigenvalue weighted by Gasteiger charge is 2.49. The number of carboxylic acids is 1. The van der Waals surface area contributed by atoms with E-state index in [0.29, 0.717) is 11.8 Å². The van der Waals surface area contributed by atoms with Gasteiger partial charge in [0, 0.05) is 6.20 Å². The van der Waals surface area contributed by atoms with E-state index in [4.69, 9.17) is 0 Å². The maximum absolute atomic E-state index is 11.9. The molecule has 4 fully saturated rings. The van der Waals surface area contributed by atoms with Gasteiger partial charge in [0.1, 0.15) is 5.56 Å². The van der Waals surface area contributed by atoms with Crippen molar-refractivity contribution >= 4 is 5.97 Å². The molecular formula is C16H19NO3. The molecule has 2 N–H and O–H groups in total. The number of nitrogens with one attached hydrogen (secondary N) is 1. The molecule has 4 nitrogen and oxygen atoms in total. The van der Waals surface area contributed by atoms with E-state index in [1.165, 1.54) is 32.1 Å². The van der Waals surface area contributed by atoms with Gasteiger partial charge < -0.3 is 10.1 Å². The van der Waals surface area contributed by atoms with Gasteiger partial charge in [0.05, 0.1) is 0 Å². The van der Waals surface area contributed by atoms with Crippen molar-refractivity contribution in [3.05, 3.63) is 33.7 Å². The van der Waals surface area contributed by atoms with Crippen LogP contribution in [0, 0.1) is 23.7 Å². The van der Waals surface area contributed by atoms with Gasteiger partial charge >= 0.3 is 5.97 Å². The second-order valence-corrected chi connectivity index (χ2v) is 6.90. The number of aromatic amines is 1. The molecule has 0 radical (unpaired) electrons. The average molecular weight is 273 g/mol. The Hall–Kier alpha value is -1.58. The van der Waals surface area contributed by atoms with Gasteiger partial charge in [-0.3, -0.25) is 4.79 Å². The van der Waals surface area contributed by atoms with Crippen molar-refractivity contribution in [1.29, 1.82) is 0 Å². The first kappa shape index (κ1) is 12.2. The summed E-state index contributed by atoms with van der Waals surface area (Å²) in [6.07, 6.45) is 7.89. The highest BCUT2D eigenvalue weighted by atomic mass is 16.4. The molecule has 1 aromatic heterocycles. The third-order valence-electron chi connectivity index (χ3n) is 5.79.